The van der Waals surface area contributed by atoms with Crippen LogP contribution in [0.5, 0.6) is 11.5 Å². The lowest BCUT2D eigenvalue weighted by molar-refractivity contribution is -0.122. The van der Waals surface area contributed by atoms with Gasteiger partial charge in [-0.15, -0.1) is 5.10 Å². The lowest BCUT2D eigenvalue weighted by Gasteiger charge is -2.29. The number of para-hydroxylation sites is 1. The highest BCUT2D eigenvalue weighted by Gasteiger charge is 2.29. The highest BCUT2D eigenvalue weighted by atomic mass is 32.5. The van der Waals surface area contributed by atoms with Gasteiger partial charge in [0.05, 0.1) is 36.6 Å². The fourth-order valence-corrected chi connectivity index (χ4v) is 7.98. The molecule has 0 spiro atoms. The Kier molecular flexibility index (Phi) is 16.4. The predicted molar refractivity (Wildman–Crippen MR) is 242 cm³/mol. The number of carbonyl (C=O) groups excluding carboxylic acids is 3. The quantitative estimate of drug-likeness (QED) is 0.0317. The van der Waals surface area contributed by atoms with E-state index in [4.69, 9.17) is 25.8 Å². The number of nitrogens with zero attached hydrogens (tertiary/aromatic N) is 4. The number of aromatic nitrogens is 3. The summed E-state index contributed by atoms with van der Waals surface area (Å²) in [6.45, 7) is 5.37. The maximum absolute atomic E-state index is 14.0. The molecule has 2 amide bonds. The number of benzene rings is 4. The third-order valence-electron chi connectivity index (χ3n) is 10.3. The van der Waals surface area contributed by atoms with E-state index < -0.39 is 12.5 Å². The van der Waals surface area contributed by atoms with Gasteiger partial charge < -0.3 is 29.1 Å². The number of hydrogen-bond acceptors (Lipinski definition) is 9. The number of amides is 2. The van der Waals surface area contributed by atoms with Crippen LogP contribution in [0.4, 0.5) is 5.69 Å². The van der Waals surface area contributed by atoms with Gasteiger partial charge in [-0.05, 0) is 103 Å². The molecule has 2 N–H and O–H groups in total. The smallest absolute Gasteiger partial charge is 0.343 e. The van der Waals surface area contributed by atoms with Crippen molar-refractivity contribution in [2.75, 3.05) is 31.3 Å². The molecule has 1 aromatic heterocycles. The molecule has 322 valence electrons. The van der Waals surface area contributed by atoms with Crippen molar-refractivity contribution in [3.63, 3.8) is 0 Å². The van der Waals surface area contributed by atoms with Gasteiger partial charge in [-0.1, -0.05) is 86.5 Å². The molecule has 0 aliphatic carbocycles. The van der Waals surface area contributed by atoms with E-state index in [2.05, 4.69) is 29.5 Å². The fraction of sp³-hybridized carbons (Fsp3) is 0.383. The third kappa shape index (κ3) is 13.4. The van der Waals surface area contributed by atoms with Crippen LogP contribution in [0.2, 0.25) is 0 Å². The largest absolute Gasteiger partial charge is 0.492 e. The molecule has 1 atom stereocenters. The molecule has 4 aromatic carbocycles. The van der Waals surface area contributed by atoms with Gasteiger partial charge in [-0.2, -0.15) is 0 Å². The Morgan fingerprint density at radius 3 is 2.26 bits per heavy atom. The number of anilines is 1. The second-order valence-corrected chi connectivity index (χ2v) is 19.7. The average Bonchev–Trinajstić information content (AvgIpc) is 3.65. The van der Waals surface area contributed by atoms with E-state index in [1.54, 1.807) is 30.9 Å². The summed E-state index contributed by atoms with van der Waals surface area (Å²) in [5.41, 5.74) is 6.60. The second kappa shape index (κ2) is 22.1. The molecule has 0 saturated heterocycles. The Morgan fingerprint density at radius 2 is 1.51 bits per heavy atom. The van der Waals surface area contributed by atoms with Crippen LogP contribution in [0.1, 0.15) is 86.7 Å². The minimum atomic E-state index is -2.60. The van der Waals surface area contributed by atoms with Gasteiger partial charge in [0, 0.05) is 37.2 Å². The van der Waals surface area contributed by atoms with E-state index in [0.717, 1.165) is 65.9 Å². The van der Waals surface area contributed by atoms with E-state index in [0.29, 0.717) is 74.9 Å². The van der Waals surface area contributed by atoms with E-state index in [1.807, 2.05) is 82.4 Å². The SMILES string of the molecule is CC(C)Cc1ccc(OC(=O)c2ccc(OCCn3nnc4c3-c3ccccc3N(C(=O)CCCCC(=O)NCCCCCCOP(C)(O)=S)Cc3ccccc3-4)cc2)cc1. The van der Waals surface area contributed by atoms with Crippen LogP contribution in [-0.2, 0) is 45.4 Å². The van der Waals surface area contributed by atoms with Crippen molar-refractivity contribution in [3.8, 4) is 34.0 Å². The van der Waals surface area contributed by atoms with Crippen LogP contribution in [0.25, 0.3) is 22.5 Å². The highest BCUT2D eigenvalue weighted by Crippen LogP contribution is 2.41. The number of esters is 1. The Bertz CT molecular complexity index is 2290. The zero-order valence-electron chi connectivity index (χ0n) is 35.3. The maximum atomic E-state index is 14.0. The Hall–Kier alpha value is -5.20. The first kappa shape index (κ1) is 45.3. The van der Waals surface area contributed by atoms with Crippen molar-refractivity contribution < 1.29 is 33.3 Å². The monoisotopic (exact) mass is 865 g/mol. The molecule has 1 unspecified atom stereocenters. The number of unbranched alkanes of at least 4 members (excludes halogenated alkanes) is 4. The Labute approximate surface area is 363 Å². The van der Waals surface area contributed by atoms with Crippen LogP contribution in [-0.4, -0.2) is 64.1 Å². The summed E-state index contributed by atoms with van der Waals surface area (Å²) in [5.74, 6) is 1.16. The van der Waals surface area contributed by atoms with Gasteiger partial charge in [0.25, 0.3) is 0 Å². The van der Waals surface area contributed by atoms with Crippen molar-refractivity contribution in [2.45, 2.75) is 84.7 Å². The molecule has 61 heavy (non-hydrogen) atoms. The van der Waals surface area contributed by atoms with Crippen molar-refractivity contribution in [1.29, 1.82) is 0 Å². The normalized spacial score (nSPS) is 13.0. The molecule has 0 bridgehead atoms. The molecular formula is C47H56N5O7PS. The zero-order chi connectivity index (χ0) is 43.2. The lowest BCUT2D eigenvalue weighted by Crippen LogP contribution is -2.31. The van der Waals surface area contributed by atoms with E-state index in [1.165, 1.54) is 5.56 Å². The minimum Gasteiger partial charge on any atom is -0.492 e. The van der Waals surface area contributed by atoms with Crippen LogP contribution >= 0.6 is 6.49 Å². The zero-order valence-corrected chi connectivity index (χ0v) is 37.0. The van der Waals surface area contributed by atoms with Gasteiger partial charge in [0.15, 0.2) is 6.49 Å². The van der Waals surface area contributed by atoms with Gasteiger partial charge in [0.2, 0.25) is 11.8 Å². The summed E-state index contributed by atoms with van der Waals surface area (Å²) in [6, 6.07) is 30.3. The van der Waals surface area contributed by atoms with E-state index in [-0.39, 0.29) is 18.4 Å². The summed E-state index contributed by atoms with van der Waals surface area (Å²) in [6.07, 6.45) is 6.39. The fourth-order valence-electron chi connectivity index (χ4n) is 7.29. The van der Waals surface area contributed by atoms with Gasteiger partial charge >= 0.3 is 5.97 Å². The molecule has 14 heteroatoms. The first-order chi connectivity index (χ1) is 29.4. The first-order valence-corrected chi connectivity index (χ1v) is 24.2. The summed E-state index contributed by atoms with van der Waals surface area (Å²) in [5, 5.41) is 12.2. The van der Waals surface area contributed by atoms with Crippen molar-refractivity contribution in [1.82, 2.24) is 20.3 Å². The van der Waals surface area contributed by atoms with Gasteiger partial charge in [-0.3, -0.25) is 9.59 Å². The molecular weight excluding hydrogens is 810 g/mol. The molecule has 2 heterocycles. The van der Waals surface area contributed by atoms with E-state index >= 15 is 0 Å². The van der Waals surface area contributed by atoms with Crippen LogP contribution in [0.3, 0.4) is 0 Å². The van der Waals surface area contributed by atoms with Crippen molar-refractivity contribution >= 4 is 41.8 Å². The predicted octanol–water partition coefficient (Wildman–Crippen LogP) is 9.14. The maximum Gasteiger partial charge on any atom is 0.343 e. The molecule has 0 saturated carbocycles. The van der Waals surface area contributed by atoms with Crippen molar-refractivity contribution in [2.24, 2.45) is 5.92 Å². The summed E-state index contributed by atoms with van der Waals surface area (Å²) in [7, 11) is 0. The summed E-state index contributed by atoms with van der Waals surface area (Å²) >= 11 is 4.89. The molecule has 0 radical (unpaired) electrons. The van der Waals surface area contributed by atoms with Gasteiger partial charge in [0.1, 0.15) is 23.8 Å². The molecule has 12 nitrogen and oxygen atoms in total. The molecule has 6 rings (SSSR count). The number of fused-ring (bicyclic) bond motifs is 5. The van der Waals surface area contributed by atoms with Crippen molar-refractivity contribution in [3.05, 3.63) is 114 Å². The highest BCUT2D eigenvalue weighted by molar-refractivity contribution is 8.09. The topological polar surface area (TPSA) is 145 Å². The average molecular weight is 866 g/mol. The molecule has 0 fully saturated rings. The Morgan fingerprint density at radius 1 is 0.820 bits per heavy atom. The molecule has 5 aromatic rings. The third-order valence-corrected chi connectivity index (χ3v) is 11.3. The lowest BCUT2D eigenvalue weighted by atomic mass is 9.95. The Balaban J connectivity index is 1.04. The number of nitrogens with one attached hydrogen (secondary N) is 1. The van der Waals surface area contributed by atoms with Gasteiger partial charge in [-0.25, -0.2) is 9.48 Å². The van der Waals surface area contributed by atoms with E-state index in [9.17, 15) is 19.3 Å². The number of rotatable bonds is 21. The van der Waals surface area contributed by atoms with Crippen LogP contribution < -0.4 is 19.7 Å². The standard InChI is InChI=1S/C47H56N5O7PS/c1-34(2)32-35-20-24-39(25-21-35)59-47(55)36-22-26-38(27-23-36)57-31-29-52-46-41-16-8-9-17-42(41)51(33-37-14-6-7-15-40(37)45(46)49-50-52)44(54)19-11-10-18-43(53)48-28-12-4-5-13-30-58-60(3,56)61/h6-9,14-17,20-27,34H,4-5,10-13,18-19,28-33H2,1-3H3,(H,48,53)(H,56,61). The molecule has 1 aliphatic rings. The number of ether oxygens (including phenoxy) is 2. The summed E-state index contributed by atoms with van der Waals surface area (Å²) < 4.78 is 18.8. The number of carbonyl (C=O) groups is 3. The summed E-state index contributed by atoms with van der Waals surface area (Å²) in [4.78, 5) is 50.8. The van der Waals surface area contributed by atoms with Crippen LogP contribution in [0.15, 0.2) is 97.1 Å². The first-order valence-electron chi connectivity index (χ1n) is 21.1. The molecule has 1 aliphatic heterocycles. The number of hydrogen-bond donors (Lipinski definition) is 2. The van der Waals surface area contributed by atoms with Crippen LogP contribution in [0, 0.1) is 5.92 Å². The second-order valence-electron chi connectivity index (χ2n) is 15.8. The minimum absolute atomic E-state index is 0.0125.